The Morgan fingerprint density at radius 1 is 1.00 bits per heavy atom. The van der Waals surface area contributed by atoms with E-state index in [0.29, 0.717) is 5.56 Å². The van der Waals surface area contributed by atoms with Crippen LogP contribution >= 0.6 is 11.3 Å². The van der Waals surface area contributed by atoms with Crippen LogP contribution in [0.1, 0.15) is 27.0 Å². The van der Waals surface area contributed by atoms with Crippen molar-refractivity contribution in [1.29, 1.82) is 0 Å². The number of aromatic nitrogens is 2. The van der Waals surface area contributed by atoms with E-state index in [1.54, 1.807) is 17.5 Å². The van der Waals surface area contributed by atoms with Crippen molar-refractivity contribution in [2.45, 2.75) is 20.8 Å². The number of amides is 1. The Labute approximate surface area is 161 Å². The second-order valence-corrected chi connectivity index (χ2v) is 7.68. The summed E-state index contributed by atoms with van der Waals surface area (Å²) in [6.45, 7) is 5.99. The van der Waals surface area contributed by atoms with E-state index in [1.807, 2.05) is 57.2 Å². The summed E-state index contributed by atoms with van der Waals surface area (Å²) in [5.74, 6) is -0.0955. The topological polar surface area (TPSA) is 54.9 Å². The van der Waals surface area contributed by atoms with Gasteiger partial charge in [0.2, 0.25) is 0 Å². The van der Waals surface area contributed by atoms with E-state index in [1.165, 1.54) is 0 Å². The highest BCUT2D eigenvalue weighted by atomic mass is 32.1. The number of benzene rings is 2. The number of carbonyl (C=O) groups is 1. The highest BCUT2D eigenvalue weighted by Gasteiger charge is 2.11. The normalized spacial score (nSPS) is 10.9. The van der Waals surface area contributed by atoms with E-state index in [-0.39, 0.29) is 5.91 Å². The van der Waals surface area contributed by atoms with Gasteiger partial charge in [0.05, 0.1) is 0 Å². The maximum absolute atomic E-state index is 12.6. The predicted molar refractivity (Wildman–Crippen MR) is 111 cm³/mol. The molecule has 0 atom stereocenters. The monoisotopic (exact) mass is 373 g/mol. The molecule has 1 amide bonds. The van der Waals surface area contributed by atoms with E-state index in [4.69, 9.17) is 0 Å². The minimum Gasteiger partial charge on any atom is -0.322 e. The molecule has 0 saturated carbocycles. The van der Waals surface area contributed by atoms with Crippen molar-refractivity contribution in [2.24, 2.45) is 0 Å². The van der Waals surface area contributed by atoms with E-state index in [2.05, 4.69) is 27.4 Å². The number of carbonyl (C=O) groups excluding carboxylic acids is 1. The molecule has 2 aromatic heterocycles. The average Bonchev–Trinajstić information content (AvgIpc) is 3.06. The molecule has 2 heterocycles. The number of aryl methyl sites for hydroxylation is 3. The summed E-state index contributed by atoms with van der Waals surface area (Å²) >= 11 is 1.57. The molecule has 0 aliphatic rings. The molecule has 1 N–H and O–H groups in total. The van der Waals surface area contributed by atoms with Gasteiger partial charge in [-0.1, -0.05) is 28.5 Å². The van der Waals surface area contributed by atoms with Gasteiger partial charge in [-0.2, -0.15) is 0 Å². The van der Waals surface area contributed by atoms with Crippen LogP contribution in [0.25, 0.3) is 20.9 Å². The second kappa shape index (κ2) is 6.93. The van der Waals surface area contributed by atoms with E-state index < -0.39 is 0 Å². The molecule has 0 bridgehead atoms. The number of nitrogens with one attached hydrogen (secondary N) is 1. The standard InChI is InChI=1S/C22H19N3OS/c1-13-9-14(2)11-17(10-13)20(26)24-18-7-6-16(12-15(18)3)21-25-19-5-4-8-23-22(19)27-21/h4-12H,1-3H3,(H,24,26). The number of nitrogens with zero attached hydrogens (tertiary/aromatic N) is 2. The molecular weight excluding hydrogens is 354 g/mol. The molecule has 0 aliphatic carbocycles. The smallest absolute Gasteiger partial charge is 0.255 e. The molecule has 5 heteroatoms. The summed E-state index contributed by atoms with van der Waals surface area (Å²) in [6.07, 6.45) is 1.78. The molecule has 4 rings (SSSR count). The van der Waals surface area contributed by atoms with Gasteiger partial charge in [-0.15, -0.1) is 0 Å². The zero-order valence-electron chi connectivity index (χ0n) is 15.4. The van der Waals surface area contributed by atoms with Crippen molar-refractivity contribution < 1.29 is 4.79 Å². The van der Waals surface area contributed by atoms with Gasteiger partial charge in [0.1, 0.15) is 15.4 Å². The number of hydrogen-bond acceptors (Lipinski definition) is 4. The van der Waals surface area contributed by atoms with E-state index in [9.17, 15) is 4.79 Å². The molecule has 2 aromatic carbocycles. The third kappa shape index (κ3) is 3.59. The van der Waals surface area contributed by atoms with Gasteiger partial charge in [-0.3, -0.25) is 4.79 Å². The van der Waals surface area contributed by atoms with Crippen LogP contribution in [0.4, 0.5) is 5.69 Å². The molecule has 4 aromatic rings. The SMILES string of the molecule is Cc1cc(C)cc(C(=O)Nc2ccc(-c3nc4cccnc4s3)cc2C)c1. The lowest BCUT2D eigenvalue weighted by Crippen LogP contribution is -2.13. The van der Waals surface area contributed by atoms with Crippen LogP contribution in [0.15, 0.2) is 54.7 Å². The summed E-state index contributed by atoms with van der Waals surface area (Å²) in [5.41, 5.74) is 6.57. The first-order chi connectivity index (χ1) is 13.0. The maximum Gasteiger partial charge on any atom is 0.255 e. The van der Waals surface area contributed by atoms with Crippen LogP contribution in [-0.2, 0) is 0 Å². The van der Waals surface area contributed by atoms with Crippen molar-refractivity contribution >= 4 is 33.3 Å². The Bertz CT molecular complexity index is 1110. The third-order valence-corrected chi connectivity index (χ3v) is 5.40. The molecule has 4 nitrogen and oxygen atoms in total. The van der Waals surface area contributed by atoms with E-state index >= 15 is 0 Å². The average molecular weight is 373 g/mol. The molecular formula is C22H19N3OS. The van der Waals surface area contributed by atoms with Crippen molar-refractivity contribution in [3.63, 3.8) is 0 Å². The fraction of sp³-hybridized carbons (Fsp3) is 0.136. The first kappa shape index (κ1) is 17.4. The lowest BCUT2D eigenvalue weighted by atomic mass is 10.1. The first-order valence-corrected chi connectivity index (χ1v) is 9.53. The Morgan fingerprint density at radius 3 is 2.48 bits per heavy atom. The minimum atomic E-state index is -0.0955. The van der Waals surface area contributed by atoms with Crippen molar-refractivity contribution in [3.8, 4) is 10.6 Å². The molecule has 0 unspecified atom stereocenters. The van der Waals surface area contributed by atoms with Gasteiger partial charge in [0.15, 0.2) is 0 Å². The Balaban J connectivity index is 1.60. The molecule has 0 spiro atoms. The Hall–Kier alpha value is -3.05. The number of thiazole rings is 1. The highest BCUT2D eigenvalue weighted by molar-refractivity contribution is 7.21. The van der Waals surface area contributed by atoms with Gasteiger partial charge in [-0.05, 0) is 68.8 Å². The van der Waals surface area contributed by atoms with E-state index in [0.717, 1.165) is 43.3 Å². The fourth-order valence-electron chi connectivity index (χ4n) is 3.13. The summed E-state index contributed by atoms with van der Waals surface area (Å²) < 4.78 is 0. The number of pyridine rings is 1. The summed E-state index contributed by atoms with van der Waals surface area (Å²) in [5, 5.41) is 3.95. The fourth-order valence-corrected chi connectivity index (χ4v) is 4.03. The molecule has 0 saturated heterocycles. The highest BCUT2D eigenvalue weighted by Crippen LogP contribution is 2.31. The van der Waals surface area contributed by atoms with Gasteiger partial charge < -0.3 is 5.32 Å². The Kier molecular flexibility index (Phi) is 4.46. The zero-order chi connectivity index (χ0) is 19.0. The van der Waals surface area contributed by atoms with Crippen LogP contribution in [-0.4, -0.2) is 15.9 Å². The van der Waals surface area contributed by atoms with Gasteiger partial charge in [-0.25, -0.2) is 9.97 Å². The molecule has 0 fully saturated rings. The molecule has 0 radical (unpaired) electrons. The molecule has 134 valence electrons. The predicted octanol–water partition coefficient (Wildman–Crippen LogP) is 5.54. The summed E-state index contributed by atoms with van der Waals surface area (Å²) in [4.78, 5) is 22.5. The summed E-state index contributed by atoms with van der Waals surface area (Å²) in [6, 6.07) is 15.7. The number of rotatable bonds is 3. The quantitative estimate of drug-likeness (QED) is 0.513. The Morgan fingerprint density at radius 2 is 1.78 bits per heavy atom. The molecule has 27 heavy (non-hydrogen) atoms. The number of fused-ring (bicyclic) bond motifs is 1. The maximum atomic E-state index is 12.6. The van der Waals surface area contributed by atoms with Crippen molar-refractivity contribution in [1.82, 2.24) is 9.97 Å². The number of hydrogen-bond donors (Lipinski definition) is 1. The van der Waals surface area contributed by atoms with Crippen LogP contribution < -0.4 is 5.32 Å². The van der Waals surface area contributed by atoms with Crippen LogP contribution in [0.5, 0.6) is 0 Å². The van der Waals surface area contributed by atoms with Gasteiger partial charge in [0, 0.05) is 23.0 Å². The van der Waals surface area contributed by atoms with Gasteiger partial charge in [0.25, 0.3) is 5.91 Å². The lowest BCUT2D eigenvalue weighted by molar-refractivity contribution is 0.102. The van der Waals surface area contributed by atoms with Crippen molar-refractivity contribution in [3.05, 3.63) is 77.0 Å². The third-order valence-electron chi connectivity index (χ3n) is 4.37. The largest absolute Gasteiger partial charge is 0.322 e. The van der Waals surface area contributed by atoms with Crippen molar-refractivity contribution in [2.75, 3.05) is 5.32 Å². The van der Waals surface area contributed by atoms with Crippen LogP contribution in [0.3, 0.4) is 0 Å². The van der Waals surface area contributed by atoms with Crippen LogP contribution in [0, 0.1) is 20.8 Å². The second-order valence-electron chi connectivity index (χ2n) is 6.71. The van der Waals surface area contributed by atoms with Crippen LogP contribution in [0.2, 0.25) is 0 Å². The van der Waals surface area contributed by atoms with Gasteiger partial charge >= 0.3 is 0 Å². The minimum absolute atomic E-state index is 0.0955. The summed E-state index contributed by atoms with van der Waals surface area (Å²) in [7, 11) is 0. The number of anilines is 1. The lowest BCUT2D eigenvalue weighted by Gasteiger charge is -2.10. The first-order valence-electron chi connectivity index (χ1n) is 8.72. The molecule has 0 aliphatic heterocycles. The zero-order valence-corrected chi connectivity index (χ0v) is 16.2.